The van der Waals surface area contributed by atoms with E-state index in [9.17, 15) is 9.18 Å². The number of ether oxygens (including phenoxy) is 2. The largest absolute Gasteiger partial charge is 0.479 e. The molecule has 1 aromatic rings. The van der Waals surface area contributed by atoms with E-state index in [-0.39, 0.29) is 11.4 Å². The number of hydrogen-bond acceptors (Lipinski definition) is 4. The van der Waals surface area contributed by atoms with E-state index >= 15 is 0 Å². The van der Waals surface area contributed by atoms with Gasteiger partial charge in [0.1, 0.15) is 0 Å². The van der Waals surface area contributed by atoms with E-state index in [1.54, 1.807) is 0 Å². The standard InChI is InChI=1S/C8H8FNO3/c1-12-7-6(9)3-5(4-10-7)8(11)13-2/h3-4H,1-2H3. The molecule has 0 bridgehead atoms. The number of nitrogens with zero attached hydrogens (tertiary/aromatic N) is 1. The van der Waals surface area contributed by atoms with Crippen molar-refractivity contribution >= 4 is 5.97 Å². The molecule has 0 fully saturated rings. The molecule has 13 heavy (non-hydrogen) atoms. The fourth-order valence-electron chi connectivity index (χ4n) is 0.805. The van der Waals surface area contributed by atoms with Gasteiger partial charge in [0, 0.05) is 6.20 Å². The number of carbonyl (C=O) groups excluding carboxylic acids is 1. The number of rotatable bonds is 2. The number of halogens is 1. The summed E-state index contributed by atoms with van der Waals surface area (Å²) in [6.45, 7) is 0. The van der Waals surface area contributed by atoms with Crippen molar-refractivity contribution in [3.05, 3.63) is 23.6 Å². The molecule has 0 aliphatic carbocycles. The molecule has 1 aromatic heterocycles. The lowest BCUT2D eigenvalue weighted by molar-refractivity contribution is 0.0599. The van der Waals surface area contributed by atoms with Crippen LogP contribution in [0.1, 0.15) is 10.4 Å². The van der Waals surface area contributed by atoms with Crippen molar-refractivity contribution in [2.24, 2.45) is 0 Å². The van der Waals surface area contributed by atoms with E-state index in [0.717, 1.165) is 6.07 Å². The zero-order valence-electron chi connectivity index (χ0n) is 7.20. The number of aromatic nitrogens is 1. The van der Waals surface area contributed by atoms with Crippen LogP contribution in [0.15, 0.2) is 12.3 Å². The van der Waals surface area contributed by atoms with Crippen LogP contribution in [0.2, 0.25) is 0 Å². The van der Waals surface area contributed by atoms with Crippen LogP contribution in [-0.2, 0) is 4.74 Å². The molecule has 70 valence electrons. The van der Waals surface area contributed by atoms with E-state index < -0.39 is 11.8 Å². The average molecular weight is 185 g/mol. The molecule has 0 spiro atoms. The van der Waals surface area contributed by atoms with Gasteiger partial charge in [0.25, 0.3) is 0 Å². The van der Waals surface area contributed by atoms with E-state index in [1.165, 1.54) is 20.4 Å². The van der Waals surface area contributed by atoms with Gasteiger partial charge in [0.05, 0.1) is 19.8 Å². The highest BCUT2D eigenvalue weighted by Crippen LogP contribution is 2.13. The van der Waals surface area contributed by atoms with Crippen LogP contribution in [0.25, 0.3) is 0 Å². The summed E-state index contributed by atoms with van der Waals surface area (Å²) in [6, 6.07) is 1.01. The van der Waals surface area contributed by atoms with Crippen molar-refractivity contribution in [3.8, 4) is 5.88 Å². The molecule has 0 atom stereocenters. The molecule has 0 saturated carbocycles. The summed E-state index contributed by atoms with van der Waals surface area (Å²) in [6.07, 6.45) is 1.19. The number of esters is 1. The van der Waals surface area contributed by atoms with Gasteiger partial charge in [0.15, 0.2) is 5.82 Å². The smallest absolute Gasteiger partial charge is 0.339 e. The summed E-state index contributed by atoms with van der Waals surface area (Å²) < 4.78 is 21.9. The molecule has 0 unspecified atom stereocenters. The maximum atomic E-state index is 13.0. The minimum Gasteiger partial charge on any atom is -0.479 e. The predicted molar refractivity (Wildman–Crippen MR) is 42.1 cm³/mol. The highest BCUT2D eigenvalue weighted by molar-refractivity contribution is 5.88. The third kappa shape index (κ3) is 1.93. The summed E-state index contributed by atoms with van der Waals surface area (Å²) in [4.78, 5) is 14.5. The molecule has 0 saturated heterocycles. The van der Waals surface area contributed by atoms with Crippen molar-refractivity contribution in [3.63, 3.8) is 0 Å². The second-order valence-electron chi connectivity index (χ2n) is 2.21. The van der Waals surface area contributed by atoms with Gasteiger partial charge in [-0.3, -0.25) is 0 Å². The van der Waals surface area contributed by atoms with Crippen LogP contribution in [-0.4, -0.2) is 25.2 Å². The number of methoxy groups -OCH3 is 2. The molecule has 0 radical (unpaired) electrons. The Labute approximate surface area is 74.3 Å². The van der Waals surface area contributed by atoms with Crippen LogP contribution in [0.5, 0.6) is 5.88 Å². The molecule has 0 N–H and O–H groups in total. The van der Waals surface area contributed by atoms with Crippen LogP contribution in [0, 0.1) is 5.82 Å². The molecule has 0 aliphatic heterocycles. The summed E-state index contributed by atoms with van der Waals surface area (Å²) >= 11 is 0. The van der Waals surface area contributed by atoms with Gasteiger partial charge in [-0.1, -0.05) is 0 Å². The van der Waals surface area contributed by atoms with Crippen molar-refractivity contribution in [1.82, 2.24) is 4.98 Å². The highest BCUT2D eigenvalue weighted by atomic mass is 19.1. The molecule has 4 nitrogen and oxygen atoms in total. The third-order valence-corrected chi connectivity index (χ3v) is 1.42. The Morgan fingerprint density at radius 1 is 1.54 bits per heavy atom. The average Bonchev–Trinajstić information content (AvgIpc) is 2.16. The van der Waals surface area contributed by atoms with Gasteiger partial charge < -0.3 is 9.47 Å². The van der Waals surface area contributed by atoms with E-state index in [1.807, 2.05) is 0 Å². The summed E-state index contributed by atoms with van der Waals surface area (Å²) in [5.41, 5.74) is 0.0563. The van der Waals surface area contributed by atoms with Crippen LogP contribution in [0.3, 0.4) is 0 Å². The second kappa shape index (κ2) is 3.84. The Bertz CT molecular complexity index is 327. The van der Waals surface area contributed by atoms with Crippen LogP contribution in [0.4, 0.5) is 4.39 Å². The molecule has 1 heterocycles. The van der Waals surface area contributed by atoms with Gasteiger partial charge in [-0.15, -0.1) is 0 Å². The van der Waals surface area contributed by atoms with Gasteiger partial charge in [0.2, 0.25) is 5.88 Å². The second-order valence-corrected chi connectivity index (χ2v) is 2.21. The fourth-order valence-corrected chi connectivity index (χ4v) is 0.805. The molecule has 1 rings (SSSR count). The lowest BCUT2D eigenvalue weighted by Crippen LogP contribution is -2.03. The zero-order chi connectivity index (χ0) is 9.84. The number of hydrogen-bond donors (Lipinski definition) is 0. The highest BCUT2D eigenvalue weighted by Gasteiger charge is 2.10. The van der Waals surface area contributed by atoms with Crippen molar-refractivity contribution in [2.75, 3.05) is 14.2 Å². The van der Waals surface area contributed by atoms with E-state index in [0.29, 0.717) is 0 Å². The van der Waals surface area contributed by atoms with Gasteiger partial charge in [-0.05, 0) is 6.07 Å². The first kappa shape index (κ1) is 9.44. The normalized spacial score (nSPS) is 9.46. The zero-order valence-corrected chi connectivity index (χ0v) is 7.20. The third-order valence-electron chi connectivity index (χ3n) is 1.42. The van der Waals surface area contributed by atoms with Crippen LogP contribution >= 0.6 is 0 Å². The first-order valence-electron chi connectivity index (χ1n) is 3.47. The first-order valence-corrected chi connectivity index (χ1v) is 3.47. The molecular weight excluding hydrogens is 177 g/mol. The Hall–Kier alpha value is -1.65. The fraction of sp³-hybridized carbons (Fsp3) is 0.250. The van der Waals surface area contributed by atoms with E-state index in [2.05, 4.69) is 14.5 Å². The summed E-state index contributed by atoms with van der Waals surface area (Å²) in [5.74, 6) is -1.47. The minimum atomic E-state index is -0.689. The van der Waals surface area contributed by atoms with Crippen molar-refractivity contribution < 1.29 is 18.7 Å². The SMILES string of the molecule is COC(=O)c1cnc(OC)c(F)c1. The molecule has 5 heteroatoms. The topological polar surface area (TPSA) is 48.4 Å². The van der Waals surface area contributed by atoms with Crippen molar-refractivity contribution in [1.29, 1.82) is 0 Å². The molecule has 0 aliphatic rings. The Morgan fingerprint density at radius 2 is 2.23 bits per heavy atom. The predicted octanol–water partition coefficient (Wildman–Crippen LogP) is 1.02. The quantitative estimate of drug-likeness (QED) is 0.645. The molecule has 0 amide bonds. The summed E-state index contributed by atoms with van der Waals surface area (Å²) in [5, 5.41) is 0. The molecular formula is C8H8FNO3. The maximum Gasteiger partial charge on any atom is 0.339 e. The lowest BCUT2D eigenvalue weighted by Gasteiger charge is -2.01. The number of pyridine rings is 1. The van der Waals surface area contributed by atoms with Crippen LogP contribution < -0.4 is 4.74 Å². The summed E-state index contributed by atoms with van der Waals surface area (Å²) in [7, 11) is 2.51. The number of carbonyl (C=O) groups is 1. The van der Waals surface area contributed by atoms with Crippen molar-refractivity contribution in [2.45, 2.75) is 0 Å². The van der Waals surface area contributed by atoms with Gasteiger partial charge in [-0.2, -0.15) is 0 Å². The maximum absolute atomic E-state index is 13.0. The Morgan fingerprint density at radius 3 is 2.69 bits per heavy atom. The first-order chi connectivity index (χ1) is 6.19. The molecule has 0 aromatic carbocycles. The monoisotopic (exact) mass is 185 g/mol. The van der Waals surface area contributed by atoms with E-state index in [4.69, 9.17) is 0 Å². The van der Waals surface area contributed by atoms with Gasteiger partial charge >= 0.3 is 5.97 Å². The van der Waals surface area contributed by atoms with Gasteiger partial charge in [-0.25, -0.2) is 14.2 Å². The Balaban J connectivity index is 3.02. The lowest BCUT2D eigenvalue weighted by atomic mass is 10.3. The minimum absolute atomic E-state index is 0.0563. The Kier molecular flexibility index (Phi) is 2.79.